The fraction of sp³-hybridized carbons (Fsp3) is 0.727. The van der Waals surface area contributed by atoms with Crippen molar-refractivity contribution in [1.82, 2.24) is 14.5 Å². The van der Waals surface area contributed by atoms with Crippen LogP contribution in [0, 0.1) is 0 Å². The van der Waals surface area contributed by atoms with Gasteiger partial charge in [-0.2, -0.15) is 5.10 Å². The summed E-state index contributed by atoms with van der Waals surface area (Å²) in [6, 6.07) is 0.225. The van der Waals surface area contributed by atoms with Crippen LogP contribution >= 0.6 is 0 Å². The van der Waals surface area contributed by atoms with Crippen molar-refractivity contribution in [3.05, 3.63) is 6.20 Å². The molecule has 1 saturated carbocycles. The SMILES string of the molecule is COCCNS(=O)(=O)c1cnn(C2CCCC2)c1N. The lowest BCUT2D eigenvalue weighted by Crippen LogP contribution is -2.27. The summed E-state index contributed by atoms with van der Waals surface area (Å²) < 4.78 is 33.0. The summed E-state index contributed by atoms with van der Waals surface area (Å²) in [7, 11) is -2.10. The predicted molar refractivity (Wildman–Crippen MR) is 71.2 cm³/mol. The van der Waals surface area contributed by atoms with Gasteiger partial charge in [-0.15, -0.1) is 0 Å². The minimum absolute atomic E-state index is 0.0514. The van der Waals surface area contributed by atoms with E-state index in [-0.39, 0.29) is 23.3 Å². The molecule has 0 atom stereocenters. The first kappa shape index (κ1) is 14.3. The van der Waals surface area contributed by atoms with Crippen LogP contribution in [-0.2, 0) is 14.8 Å². The number of aromatic nitrogens is 2. The second kappa shape index (κ2) is 5.89. The van der Waals surface area contributed by atoms with Crippen LogP contribution in [0.4, 0.5) is 5.82 Å². The van der Waals surface area contributed by atoms with Crippen molar-refractivity contribution in [3.63, 3.8) is 0 Å². The highest BCUT2D eigenvalue weighted by atomic mass is 32.2. The van der Waals surface area contributed by atoms with Crippen molar-refractivity contribution in [3.8, 4) is 0 Å². The monoisotopic (exact) mass is 288 g/mol. The molecule has 1 aliphatic carbocycles. The Kier molecular flexibility index (Phi) is 4.43. The summed E-state index contributed by atoms with van der Waals surface area (Å²) in [5.74, 6) is 0.219. The third-order valence-corrected chi connectivity index (χ3v) is 4.83. The number of nitrogen functional groups attached to an aromatic ring is 1. The number of nitrogens with one attached hydrogen (secondary N) is 1. The summed E-state index contributed by atoms with van der Waals surface area (Å²) in [6.07, 6.45) is 5.60. The molecule has 0 aliphatic heterocycles. The number of nitrogens with two attached hydrogens (primary N) is 1. The van der Waals surface area contributed by atoms with Crippen LogP contribution in [-0.4, -0.2) is 38.5 Å². The van der Waals surface area contributed by atoms with Crippen molar-refractivity contribution in [2.75, 3.05) is 26.0 Å². The Morgan fingerprint density at radius 3 is 2.84 bits per heavy atom. The molecule has 0 amide bonds. The van der Waals surface area contributed by atoms with Gasteiger partial charge in [0.25, 0.3) is 0 Å². The van der Waals surface area contributed by atoms with E-state index in [0.29, 0.717) is 6.61 Å². The molecule has 3 N–H and O–H groups in total. The van der Waals surface area contributed by atoms with Gasteiger partial charge in [-0.25, -0.2) is 17.8 Å². The lowest BCUT2D eigenvalue weighted by Gasteiger charge is -2.12. The molecular weight excluding hydrogens is 268 g/mol. The average Bonchev–Trinajstić information content (AvgIpc) is 2.97. The van der Waals surface area contributed by atoms with Crippen LogP contribution in [0.5, 0.6) is 0 Å². The molecule has 2 rings (SSSR count). The lowest BCUT2D eigenvalue weighted by molar-refractivity contribution is 0.204. The molecule has 1 aromatic heterocycles. The zero-order chi connectivity index (χ0) is 13.9. The highest BCUT2D eigenvalue weighted by Gasteiger charge is 2.26. The first-order valence-electron chi connectivity index (χ1n) is 6.38. The minimum Gasteiger partial charge on any atom is -0.383 e. The van der Waals surface area contributed by atoms with Gasteiger partial charge < -0.3 is 10.5 Å². The molecule has 0 bridgehead atoms. The fourth-order valence-corrected chi connectivity index (χ4v) is 3.42. The minimum atomic E-state index is -3.61. The van der Waals surface area contributed by atoms with Crippen LogP contribution in [0.25, 0.3) is 0 Å². The number of hydrogen-bond acceptors (Lipinski definition) is 5. The Morgan fingerprint density at radius 1 is 1.53 bits per heavy atom. The van der Waals surface area contributed by atoms with E-state index in [4.69, 9.17) is 10.5 Å². The summed E-state index contributed by atoms with van der Waals surface area (Å²) in [4.78, 5) is 0.0514. The van der Waals surface area contributed by atoms with Crippen LogP contribution < -0.4 is 10.5 Å². The number of methoxy groups -OCH3 is 1. The topological polar surface area (TPSA) is 99.2 Å². The normalized spacial score (nSPS) is 17.1. The number of nitrogens with zero attached hydrogens (tertiary/aromatic N) is 2. The van der Waals surface area contributed by atoms with Gasteiger partial charge in [0.1, 0.15) is 10.7 Å². The number of ether oxygens (including phenoxy) is 1. The van der Waals surface area contributed by atoms with Crippen LogP contribution in [0.2, 0.25) is 0 Å². The molecular formula is C11H20N4O3S. The molecule has 7 nitrogen and oxygen atoms in total. The van der Waals surface area contributed by atoms with Gasteiger partial charge in [0, 0.05) is 13.7 Å². The largest absolute Gasteiger partial charge is 0.383 e. The molecule has 108 valence electrons. The maximum Gasteiger partial charge on any atom is 0.245 e. The first-order chi connectivity index (χ1) is 9.06. The Labute approximate surface area is 113 Å². The molecule has 0 radical (unpaired) electrons. The molecule has 1 fully saturated rings. The summed E-state index contributed by atoms with van der Waals surface area (Å²) >= 11 is 0. The second-order valence-corrected chi connectivity index (χ2v) is 6.40. The molecule has 1 aliphatic rings. The summed E-state index contributed by atoms with van der Waals surface area (Å²) in [5.41, 5.74) is 5.92. The molecule has 1 aromatic rings. The Morgan fingerprint density at radius 2 is 2.21 bits per heavy atom. The number of sulfonamides is 1. The van der Waals surface area contributed by atoms with Gasteiger partial charge in [0.15, 0.2) is 0 Å². The maximum absolute atomic E-state index is 12.1. The third kappa shape index (κ3) is 3.07. The quantitative estimate of drug-likeness (QED) is 0.743. The first-order valence-corrected chi connectivity index (χ1v) is 7.86. The Bertz CT molecular complexity index is 520. The number of rotatable bonds is 6. The maximum atomic E-state index is 12.1. The molecule has 0 saturated heterocycles. The Balaban J connectivity index is 2.16. The van der Waals surface area contributed by atoms with Crippen molar-refractivity contribution in [2.45, 2.75) is 36.6 Å². The van der Waals surface area contributed by atoms with Crippen molar-refractivity contribution in [1.29, 1.82) is 0 Å². The van der Waals surface area contributed by atoms with Crippen molar-refractivity contribution < 1.29 is 13.2 Å². The van der Waals surface area contributed by atoms with Gasteiger partial charge >= 0.3 is 0 Å². The van der Waals surface area contributed by atoms with E-state index in [9.17, 15) is 8.42 Å². The zero-order valence-electron chi connectivity index (χ0n) is 11.0. The van der Waals surface area contributed by atoms with E-state index in [1.54, 1.807) is 4.68 Å². The van der Waals surface area contributed by atoms with E-state index in [0.717, 1.165) is 25.7 Å². The predicted octanol–water partition coefficient (Wildman–Crippen LogP) is 0.505. The van der Waals surface area contributed by atoms with Crippen LogP contribution in [0.15, 0.2) is 11.1 Å². The standard InChI is InChI=1S/C11H20N4O3S/c1-18-7-6-14-19(16,17)10-8-13-15(11(10)12)9-4-2-3-5-9/h8-9,14H,2-7,12H2,1H3. The molecule has 1 heterocycles. The summed E-state index contributed by atoms with van der Waals surface area (Å²) in [6.45, 7) is 0.531. The highest BCUT2D eigenvalue weighted by molar-refractivity contribution is 7.89. The van der Waals surface area contributed by atoms with Gasteiger partial charge in [0.05, 0.1) is 18.8 Å². The van der Waals surface area contributed by atoms with Gasteiger partial charge in [-0.3, -0.25) is 0 Å². The van der Waals surface area contributed by atoms with E-state index in [2.05, 4.69) is 9.82 Å². The average molecular weight is 288 g/mol. The smallest absolute Gasteiger partial charge is 0.245 e. The molecule has 8 heteroatoms. The molecule has 0 unspecified atom stereocenters. The van der Waals surface area contributed by atoms with Crippen LogP contribution in [0.3, 0.4) is 0 Å². The van der Waals surface area contributed by atoms with Gasteiger partial charge in [-0.05, 0) is 12.8 Å². The number of anilines is 1. The van der Waals surface area contributed by atoms with E-state index in [1.807, 2.05) is 0 Å². The van der Waals surface area contributed by atoms with Crippen molar-refractivity contribution >= 4 is 15.8 Å². The fourth-order valence-electron chi connectivity index (χ4n) is 2.36. The lowest BCUT2D eigenvalue weighted by atomic mass is 10.2. The molecule has 19 heavy (non-hydrogen) atoms. The second-order valence-electron chi connectivity index (χ2n) is 4.67. The van der Waals surface area contributed by atoms with E-state index in [1.165, 1.54) is 13.3 Å². The van der Waals surface area contributed by atoms with Gasteiger partial charge in [-0.1, -0.05) is 12.8 Å². The van der Waals surface area contributed by atoms with Crippen molar-refractivity contribution in [2.24, 2.45) is 0 Å². The highest BCUT2D eigenvalue weighted by Crippen LogP contribution is 2.32. The zero-order valence-corrected chi connectivity index (χ0v) is 11.8. The Hall–Kier alpha value is -1.12. The summed E-state index contributed by atoms with van der Waals surface area (Å²) in [5, 5.41) is 4.13. The van der Waals surface area contributed by atoms with Crippen LogP contribution in [0.1, 0.15) is 31.7 Å². The van der Waals surface area contributed by atoms with Gasteiger partial charge in [0.2, 0.25) is 10.0 Å². The number of hydrogen-bond donors (Lipinski definition) is 2. The third-order valence-electron chi connectivity index (χ3n) is 3.36. The van der Waals surface area contributed by atoms with E-state index >= 15 is 0 Å². The molecule has 0 aromatic carbocycles. The molecule has 0 spiro atoms. The van der Waals surface area contributed by atoms with E-state index < -0.39 is 10.0 Å².